The fourth-order valence-electron chi connectivity index (χ4n) is 2.46. The summed E-state index contributed by atoms with van der Waals surface area (Å²) in [5.41, 5.74) is 2.30. The summed E-state index contributed by atoms with van der Waals surface area (Å²) in [6, 6.07) is 1.17. The molecule has 0 aromatic carbocycles. The zero-order valence-electron chi connectivity index (χ0n) is 14.9. The maximum Gasteiger partial charge on any atom is 0.490 e. The van der Waals surface area contributed by atoms with Gasteiger partial charge in [0.1, 0.15) is 24.7 Å². The van der Waals surface area contributed by atoms with Gasteiger partial charge in [-0.25, -0.2) is 27.5 Å². The van der Waals surface area contributed by atoms with Crippen molar-refractivity contribution >= 4 is 41.5 Å². The molecule has 0 bridgehead atoms. The third-order valence-electron chi connectivity index (χ3n) is 3.68. The fourth-order valence-corrected chi connectivity index (χ4v) is 5.75. The average Bonchev–Trinajstić information content (AvgIpc) is 2.82. The van der Waals surface area contributed by atoms with Crippen molar-refractivity contribution in [3.05, 3.63) is 17.0 Å². The Bertz CT molecular complexity index is 1020. The molecule has 0 spiro atoms. The van der Waals surface area contributed by atoms with E-state index in [9.17, 15) is 28.1 Å². The molecule has 1 fully saturated rings. The van der Waals surface area contributed by atoms with Gasteiger partial charge in [0.2, 0.25) is 10.4 Å². The zero-order chi connectivity index (χ0) is 23.8. The van der Waals surface area contributed by atoms with Gasteiger partial charge in [0.25, 0.3) is 0 Å². The molecule has 6 atom stereocenters. The third kappa shape index (κ3) is 6.65. The van der Waals surface area contributed by atoms with Crippen LogP contribution in [0, 0.1) is 4.77 Å². The quantitative estimate of drug-likeness (QED) is 0.187. The molecule has 0 radical (unpaired) electrons. The van der Waals surface area contributed by atoms with Crippen molar-refractivity contribution in [1.82, 2.24) is 9.55 Å². The lowest BCUT2D eigenvalue weighted by Crippen LogP contribution is -2.45. The highest BCUT2D eigenvalue weighted by molar-refractivity contribution is 7.71. The van der Waals surface area contributed by atoms with E-state index in [-0.39, 0.29) is 10.6 Å². The van der Waals surface area contributed by atoms with Gasteiger partial charge in [0.05, 0.1) is 6.61 Å². The molecule has 0 amide bonds. The van der Waals surface area contributed by atoms with E-state index in [1.54, 1.807) is 0 Å². The number of alkyl halides is 2. The van der Waals surface area contributed by atoms with E-state index in [2.05, 4.69) is 18.1 Å². The Morgan fingerprint density at radius 3 is 2.39 bits per heavy atom. The minimum atomic E-state index is -5.79. The van der Waals surface area contributed by atoms with Gasteiger partial charge in [-0.3, -0.25) is 9.09 Å². The number of phosphoric ester groups is 1. The zero-order valence-corrected chi connectivity index (χ0v) is 18.4. The van der Waals surface area contributed by atoms with Crippen LogP contribution in [0.1, 0.15) is 6.23 Å². The topological polar surface area (TPSA) is 233 Å². The average molecular weight is 533 g/mol. The summed E-state index contributed by atoms with van der Waals surface area (Å²) < 4.78 is 79.1. The summed E-state index contributed by atoms with van der Waals surface area (Å²) in [4.78, 5) is 39.1. The maximum absolute atomic E-state index is 15.1. The van der Waals surface area contributed by atoms with Crippen LogP contribution in [0.5, 0.6) is 0 Å². The highest BCUT2D eigenvalue weighted by Crippen LogP contribution is 2.66. The number of phosphoric acid groups is 3. The van der Waals surface area contributed by atoms with Gasteiger partial charge >= 0.3 is 23.5 Å². The van der Waals surface area contributed by atoms with E-state index < -0.39 is 60.9 Å². The van der Waals surface area contributed by atoms with Gasteiger partial charge in [0.15, 0.2) is 6.23 Å². The Balaban J connectivity index is 2.17. The molecule has 178 valence electrons. The minimum Gasteiger partial charge on any atom is -0.387 e. The van der Waals surface area contributed by atoms with Crippen molar-refractivity contribution in [1.29, 1.82) is 0 Å². The first-order valence-electron chi connectivity index (χ1n) is 7.71. The summed E-state index contributed by atoms with van der Waals surface area (Å²) in [6.45, 7) is -3.00. The summed E-state index contributed by atoms with van der Waals surface area (Å²) in [5.74, 6) is -0.0475. The molecule has 15 nitrogen and oxygen atoms in total. The van der Waals surface area contributed by atoms with Crippen molar-refractivity contribution in [2.45, 2.75) is 24.1 Å². The number of anilines is 1. The number of rotatable bonds is 9. The van der Waals surface area contributed by atoms with Crippen LogP contribution in [-0.4, -0.2) is 65.4 Å². The standard InChI is InChI=1S/C10H16F2N3O12P3S/c11-4-10(12)7(16)5(25-8(10)15-2-1-6(13)14-9(15)31)3-24-29(20,21)27-30(22,23)26-28(17,18)19/h1-2,5,7-8,16H,3-4H2,(H,20,21)(H,22,23)(H2,13,14,31)(H2,17,18,19)/t5-,7?,8-,10-/m1/s1. The lowest BCUT2D eigenvalue weighted by molar-refractivity contribution is -0.0720. The number of halogens is 2. The molecule has 1 aliphatic heterocycles. The molecule has 2 heterocycles. The monoisotopic (exact) mass is 533 g/mol. The molecule has 1 aromatic heterocycles. The van der Waals surface area contributed by atoms with Crippen LogP contribution in [0.3, 0.4) is 0 Å². The number of hydrogen-bond acceptors (Lipinski definition) is 11. The van der Waals surface area contributed by atoms with Gasteiger partial charge in [0, 0.05) is 6.20 Å². The predicted molar refractivity (Wildman–Crippen MR) is 97.0 cm³/mol. The smallest absolute Gasteiger partial charge is 0.387 e. The van der Waals surface area contributed by atoms with Crippen LogP contribution in [0.15, 0.2) is 12.3 Å². The number of aliphatic hydroxyl groups excluding tert-OH is 1. The molecule has 1 aromatic rings. The molecule has 1 saturated heterocycles. The molecule has 0 aliphatic carbocycles. The molecule has 1 aliphatic rings. The van der Waals surface area contributed by atoms with Gasteiger partial charge in [-0.05, 0) is 18.3 Å². The molecule has 21 heteroatoms. The van der Waals surface area contributed by atoms with E-state index >= 15 is 4.39 Å². The summed E-state index contributed by atoms with van der Waals surface area (Å²) in [6.07, 6.45) is -4.96. The SMILES string of the molecule is Nc1ccn([C@@H]2O[C@H](COP(=O)(O)OP(=O)(O)OP(=O)(O)O)C(O)[C@]2(F)CF)c(=S)n1. The van der Waals surface area contributed by atoms with Crippen molar-refractivity contribution < 1.29 is 65.0 Å². The van der Waals surface area contributed by atoms with Crippen molar-refractivity contribution in [3.8, 4) is 0 Å². The van der Waals surface area contributed by atoms with Crippen molar-refractivity contribution in [3.63, 3.8) is 0 Å². The molecule has 7 N–H and O–H groups in total. The highest BCUT2D eigenvalue weighted by atomic mass is 32.1. The van der Waals surface area contributed by atoms with E-state index in [1.165, 1.54) is 6.07 Å². The Kier molecular flexibility index (Phi) is 7.94. The highest BCUT2D eigenvalue weighted by Gasteiger charge is 2.59. The van der Waals surface area contributed by atoms with E-state index in [4.69, 9.17) is 37.4 Å². The maximum atomic E-state index is 15.1. The van der Waals surface area contributed by atoms with Crippen LogP contribution >= 0.6 is 35.7 Å². The molecular weight excluding hydrogens is 517 g/mol. The number of aromatic nitrogens is 2. The number of hydrogen-bond donors (Lipinski definition) is 6. The molecule has 31 heavy (non-hydrogen) atoms. The Morgan fingerprint density at radius 1 is 1.26 bits per heavy atom. The van der Waals surface area contributed by atoms with Crippen LogP contribution in [0.2, 0.25) is 0 Å². The summed E-state index contributed by atoms with van der Waals surface area (Å²) in [5, 5.41) is 10.1. The van der Waals surface area contributed by atoms with Crippen LogP contribution in [0.25, 0.3) is 0 Å². The first kappa shape index (κ1) is 26.5. The number of nitrogens with two attached hydrogens (primary N) is 1. The lowest BCUT2D eigenvalue weighted by atomic mass is 9.97. The molecule has 3 unspecified atom stereocenters. The molecule has 2 rings (SSSR count). The molecule has 0 saturated carbocycles. The normalized spacial score (nSPS) is 30.6. The van der Waals surface area contributed by atoms with E-state index in [0.717, 1.165) is 10.8 Å². The number of nitrogen functional groups attached to an aromatic ring is 1. The van der Waals surface area contributed by atoms with Gasteiger partial charge < -0.3 is 35.2 Å². The van der Waals surface area contributed by atoms with Crippen molar-refractivity contribution in [2.24, 2.45) is 0 Å². The first-order valence-corrected chi connectivity index (χ1v) is 12.6. The van der Waals surface area contributed by atoms with Crippen LogP contribution in [0.4, 0.5) is 14.6 Å². The van der Waals surface area contributed by atoms with Gasteiger partial charge in [-0.2, -0.15) is 8.62 Å². The van der Waals surface area contributed by atoms with Crippen molar-refractivity contribution in [2.75, 3.05) is 19.0 Å². The second-order valence-corrected chi connectivity index (χ2v) is 10.7. The number of ether oxygens (including phenoxy) is 1. The van der Waals surface area contributed by atoms with E-state index in [0.29, 0.717) is 0 Å². The van der Waals surface area contributed by atoms with Crippen LogP contribution in [-0.2, 0) is 31.6 Å². The summed E-state index contributed by atoms with van der Waals surface area (Å²) >= 11 is 4.88. The Morgan fingerprint density at radius 2 is 1.87 bits per heavy atom. The fraction of sp³-hybridized carbons (Fsp3) is 0.600. The minimum absolute atomic E-state index is 0.0475. The second kappa shape index (κ2) is 9.27. The van der Waals surface area contributed by atoms with Gasteiger partial charge in [-0.1, -0.05) is 0 Å². The lowest BCUT2D eigenvalue weighted by Gasteiger charge is -2.26. The summed E-state index contributed by atoms with van der Waals surface area (Å²) in [7, 11) is -17.0. The predicted octanol–water partition coefficient (Wildman–Crippen LogP) is 0.474. The first-order chi connectivity index (χ1) is 14.0. The number of nitrogens with zero attached hydrogens (tertiary/aromatic N) is 2. The Hall–Kier alpha value is -0.710. The number of aliphatic hydroxyl groups is 1. The third-order valence-corrected chi connectivity index (χ3v) is 7.79. The Labute approximate surface area is 176 Å². The second-order valence-electron chi connectivity index (χ2n) is 5.96. The molecular formula is C10H16F2N3O12P3S. The van der Waals surface area contributed by atoms with E-state index in [1.807, 2.05) is 0 Å². The largest absolute Gasteiger partial charge is 0.490 e. The van der Waals surface area contributed by atoms with Crippen LogP contribution < -0.4 is 5.73 Å². The van der Waals surface area contributed by atoms with Gasteiger partial charge in [-0.15, -0.1) is 0 Å².